The molecule has 13 heteroatoms. The molecule has 198 valence electrons. The Balaban J connectivity index is 1.66. The third-order valence-corrected chi connectivity index (χ3v) is 5.47. The molecule has 0 unspecified atom stereocenters. The molecule has 0 saturated heterocycles. The molecule has 0 bridgehead atoms. The largest absolute Gasteiger partial charge is 0.573 e. The molecule has 0 radical (unpaired) electrons. The number of rotatable bonds is 7. The fraction of sp³-hybridized carbons (Fsp3) is 0.240. The molecule has 0 spiro atoms. The summed E-state index contributed by atoms with van der Waals surface area (Å²) in [5.41, 5.74) is 2.18. The summed E-state index contributed by atoms with van der Waals surface area (Å²) < 4.78 is 49.4. The third kappa shape index (κ3) is 5.82. The monoisotopic (exact) mass is 528 g/mol. The summed E-state index contributed by atoms with van der Waals surface area (Å²) in [5.74, 6) is -0.954. The number of para-hydroxylation sites is 1. The van der Waals surface area contributed by atoms with Crippen LogP contribution in [0.4, 0.5) is 19.0 Å². The van der Waals surface area contributed by atoms with Crippen LogP contribution in [0.2, 0.25) is 0 Å². The third-order valence-electron chi connectivity index (χ3n) is 5.47. The highest BCUT2D eigenvalue weighted by Gasteiger charge is 2.33. The van der Waals surface area contributed by atoms with Crippen LogP contribution in [-0.4, -0.2) is 44.9 Å². The van der Waals surface area contributed by atoms with Gasteiger partial charge in [-0.3, -0.25) is 9.59 Å². The van der Waals surface area contributed by atoms with E-state index in [1.54, 1.807) is 37.4 Å². The number of nitrogens with one attached hydrogen (secondary N) is 2. The van der Waals surface area contributed by atoms with Gasteiger partial charge in [0.05, 0.1) is 30.7 Å². The number of methoxy groups -OCH3 is 1. The van der Waals surface area contributed by atoms with E-state index in [4.69, 9.17) is 4.74 Å². The van der Waals surface area contributed by atoms with Crippen molar-refractivity contribution in [2.24, 2.45) is 0 Å². The van der Waals surface area contributed by atoms with Crippen molar-refractivity contribution in [3.05, 3.63) is 65.5 Å². The molecular formula is C25H23F3N6O4. The van der Waals surface area contributed by atoms with Crippen molar-refractivity contribution < 1.29 is 32.2 Å². The van der Waals surface area contributed by atoms with Crippen molar-refractivity contribution in [2.75, 3.05) is 12.4 Å². The van der Waals surface area contributed by atoms with Gasteiger partial charge in [0, 0.05) is 18.1 Å². The highest BCUT2D eigenvalue weighted by atomic mass is 19.4. The van der Waals surface area contributed by atoms with E-state index in [2.05, 4.69) is 30.4 Å². The first-order valence-electron chi connectivity index (χ1n) is 11.3. The van der Waals surface area contributed by atoms with Crippen molar-refractivity contribution in [2.45, 2.75) is 33.2 Å². The average molecular weight is 528 g/mol. The van der Waals surface area contributed by atoms with Crippen LogP contribution >= 0.6 is 0 Å². The van der Waals surface area contributed by atoms with Crippen molar-refractivity contribution in [3.63, 3.8) is 0 Å². The molecular weight excluding hydrogens is 505 g/mol. The van der Waals surface area contributed by atoms with Crippen LogP contribution in [-0.2, 0) is 4.79 Å². The Hall–Kier alpha value is -4.68. The number of pyridine rings is 1. The number of aryl methyl sites for hydroxylation is 1. The number of fused-ring (bicyclic) bond motifs is 1. The Morgan fingerprint density at radius 3 is 2.53 bits per heavy atom. The lowest BCUT2D eigenvalue weighted by atomic mass is 10.0. The molecule has 4 aromatic rings. The fourth-order valence-electron chi connectivity index (χ4n) is 3.84. The van der Waals surface area contributed by atoms with Gasteiger partial charge in [0.15, 0.2) is 11.5 Å². The minimum absolute atomic E-state index is 0.0347. The van der Waals surface area contributed by atoms with Crippen molar-refractivity contribution >= 4 is 23.3 Å². The average Bonchev–Trinajstić information content (AvgIpc) is 3.23. The van der Waals surface area contributed by atoms with E-state index in [9.17, 15) is 22.8 Å². The second-order valence-corrected chi connectivity index (χ2v) is 8.29. The number of halogens is 3. The second kappa shape index (κ2) is 10.4. The number of nitrogens with zero attached hydrogens (tertiary/aromatic N) is 4. The predicted molar refractivity (Wildman–Crippen MR) is 131 cm³/mol. The maximum absolute atomic E-state index is 13.2. The van der Waals surface area contributed by atoms with E-state index >= 15 is 0 Å². The molecule has 2 amide bonds. The Kier molecular flexibility index (Phi) is 7.19. The highest BCUT2D eigenvalue weighted by Crippen LogP contribution is 2.31. The molecule has 1 atom stereocenters. The normalized spacial score (nSPS) is 12.2. The number of amides is 2. The molecule has 0 aliphatic carbocycles. The molecule has 1 aromatic carbocycles. The summed E-state index contributed by atoms with van der Waals surface area (Å²) in [6.45, 7) is 4.62. The van der Waals surface area contributed by atoms with Crippen LogP contribution in [0.3, 0.4) is 0 Å². The maximum Gasteiger partial charge on any atom is 0.573 e. The molecule has 0 aliphatic rings. The van der Waals surface area contributed by atoms with Crippen LogP contribution in [0.5, 0.6) is 11.6 Å². The molecule has 10 nitrogen and oxygen atoms in total. The van der Waals surface area contributed by atoms with Crippen LogP contribution in [0.15, 0.2) is 48.7 Å². The minimum atomic E-state index is -4.88. The summed E-state index contributed by atoms with van der Waals surface area (Å²) in [6, 6.07) is 9.63. The van der Waals surface area contributed by atoms with Gasteiger partial charge in [-0.2, -0.15) is 5.10 Å². The topological polar surface area (TPSA) is 120 Å². The van der Waals surface area contributed by atoms with Crippen molar-refractivity contribution in [3.8, 4) is 22.9 Å². The highest BCUT2D eigenvalue weighted by molar-refractivity contribution is 5.98. The number of hydrogen-bond acceptors (Lipinski definition) is 7. The van der Waals surface area contributed by atoms with Gasteiger partial charge in [-0.25, -0.2) is 14.5 Å². The number of imidazole rings is 1. The van der Waals surface area contributed by atoms with E-state index in [0.29, 0.717) is 28.4 Å². The number of aromatic nitrogens is 4. The quantitative estimate of drug-likeness (QED) is 0.364. The predicted octanol–water partition coefficient (Wildman–Crippen LogP) is 4.46. The molecule has 0 saturated carbocycles. The number of carbonyl (C=O) groups excluding carboxylic acids is 2. The van der Waals surface area contributed by atoms with Crippen LogP contribution in [0, 0.1) is 6.92 Å². The number of ether oxygens (including phenoxy) is 2. The van der Waals surface area contributed by atoms with E-state index in [-0.39, 0.29) is 22.9 Å². The summed E-state index contributed by atoms with van der Waals surface area (Å²) in [7, 11) is 1.35. The number of alkyl halides is 3. The number of hydrogen-bond donors (Lipinski definition) is 2. The zero-order chi connectivity index (χ0) is 27.6. The molecule has 38 heavy (non-hydrogen) atoms. The zero-order valence-electron chi connectivity index (χ0n) is 20.8. The minimum Gasteiger partial charge on any atom is -0.480 e. The first-order valence-corrected chi connectivity index (χ1v) is 11.3. The lowest BCUT2D eigenvalue weighted by molar-refractivity contribution is -0.275. The fourth-order valence-corrected chi connectivity index (χ4v) is 3.84. The van der Waals surface area contributed by atoms with Gasteiger partial charge in [-0.15, -0.1) is 13.2 Å². The number of carbonyl (C=O) groups is 2. The number of anilines is 1. The molecule has 4 rings (SSSR count). The summed E-state index contributed by atoms with van der Waals surface area (Å²) in [5, 5.41) is 9.78. The Morgan fingerprint density at radius 1 is 1.11 bits per heavy atom. The van der Waals surface area contributed by atoms with Gasteiger partial charge in [0.1, 0.15) is 11.3 Å². The molecule has 0 aliphatic heterocycles. The smallest absolute Gasteiger partial charge is 0.480 e. The van der Waals surface area contributed by atoms with Crippen LogP contribution < -0.4 is 20.1 Å². The number of benzene rings is 1. The maximum atomic E-state index is 13.2. The van der Waals surface area contributed by atoms with E-state index < -0.39 is 24.1 Å². The van der Waals surface area contributed by atoms with Gasteiger partial charge in [0.25, 0.3) is 5.91 Å². The lowest BCUT2D eigenvalue weighted by Gasteiger charge is -2.20. The van der Waals surface area contributed by atoms with Crippen LogP contribution in [0.1, 0.15) is 41.5 Å². The first-order chi connectivity index (χ1) is 17.9. The Morgan fingerprint density at radius 2 is 1.84 bits per heavy atom. The van der Waals surface area contributed by atoms with Gasteiger partial charge >= 0.3 is 6.36 Å². The summed E-state index contributed by atoms with van der Waals surface area (Å²) >= 11 is 0. The Bertz CT molecular complexity index is 1520. The molecule has 3 aromatic heterocycles. The van der Waals surface area contributed by atoms with Gasteiger partial charge < -0.3 is 20.1 Å². The molecule has 0 fully saturated rings. The van der Waals surface area contributed by atoms with Gasteiger partial charge in [0.2, 0.25) is 11.8 Å². The standard InChI is InChI=1S/C25H23F3N6O4/c1-13(16-7-5-6-8-20(16)38-25(26,27)28)29-23(36)18-11-17(14(2)30-24(18)37-4)19-9-10-22-32-21(31-15(3)35)12-34(22)33-19/h5-13H,1-4H3,(H,29,36)(H,31,35)/t13-/m0/s1. The van der Waals surface area contributed by atoms with Crippen molar-refractivity contribution in [1.82, 2.24) is 24.9 Å². The van der Waals surface area contributed by atoms with E-state index in [1.807, 2.05) is 0 Å². The molecule has 2 N–H and O–H groups in total. The summed E-state index contributed by atoms with van der Waals surface area (Å²) in [4.78, 5) is 33.2. The van der Waals surface area contributed by atoms with Gasteiger partial charge in [-0.1, -0.05) is 18.2 Å². The SMILES string of the molecule is COc1nc(C)c(-c2ccc3nc(NC(C)=O)cn3n2)cc1C(=O)N[C@@H](C)c1ccccc1OC(F)(F)F. The van der Waals surface area contributed by atoms with Crippen molar-refractivity contribution in [1.29, 1.82) is 0 Å². The van der Waals surface area contributed by atoms with Gasteiger partial charge in [-0.05, 0) is 38.1 Å². The molecule has 3 heterocycles. The lowest BCUT2D eigenvalue weighted by Crippen LogP contribution is -2.28. The zero-order valence-corrected chi connectivity index (χ0v) is 20.8. The van der Waals surface area contributed by atoms with Crippen LogP contribution in [0.25, 0.3) is 16.9 Å². The first kappa shape index (κ1) is 26.4. The van der Waals surface area contributed by atoms with E-state index in [0.717, 1.165) is 0 Å². The second-order valence-electron chi connectivity index (χ2n) is 8.29. The summed E-state index contributed by atoms with van der Waals surface area (Å²) in [6.07, 6.45) is -3.34. The Labute approximate surface area is 214 Å². The van der Waals surface area contributed by atoms with E-state index in [1.165, 1.54) is 43.7 Å².